The highest BCUT2D eigenvalue weighted by Gasteiger charge is 2.42. The Morgan fingerprint density at radius 3 is 2.40 bits per heavy atom. The predicted octanol–water partition coefficient (Wildman–Crippen LogP) is 3.76. The average molecular weight is 275 g/mol. The number of hydrogen-bond donors (Lipinski definition) is 0. The Balaban J connectivity index is 2.06. The van der Waals surface area contributed by atoms with Crippen molar-refractivity contribution >= 4 is 5.91 Å². The van der Waals surface area contributed by atoms with Crippen LogP contribution in [0.4, 0.5) is 0 Å². The molecule has 110 valence electrons. The van der Waals surface area contributed by atoms with Crippen molar-refractivity contribution in [1.29, 1.82) is 0 Å². The van der Waals surface area contributed by atoms with Crippen LogP contribution < -0.4 is 0 Å². The van der Waals surface area contributed by atoms with Gasteiger partial charge in [0.25, 0.3) is 5.91 Å². The summed E-state index contributed by atoms with van der Waals surface area (Å²) in [4.78, 5) is 17.6. The first-order valence-electron chi connectivity index (χ1n) is 7.50. The van der Waals surface area contributed by atoms with Gasteiger partial charge in [0.1, 0.15) is 0 Å². The molecular weight excluding hydrogens is 250 g/mol. The number of benzene rings is 1. The fourth-order valence-corrected chi connectivity index (χ4v) is 3.36. The van der Waals surface area contributed by atoms with Crippen LogP contribution in [0.25, 0.3) is 0 Å². The lowest BCUT2D eigenvalue weighted by Gasteiger charge is -2.40. The minimum absolute atomic E-state index is 0.133. The second kappa shape index (κ2) is 6.40. The van der Waals surface area contributed by atoms with Gasteiger partial charge in [-0.25, -0.2) is 5.06 Å². The summed E-state index contributed by atoms with van der Waals surface area (Å²) in [6.45, 7) is 2.12. The van der Waals surface area contributed by atoms with Gasteiger partial charge < -0.3 is 0 Å². The normalized spacial score (nSPS) is 26.2. The van der Waals surface area contributed by atoms with Gasteiger partial charge in [0.15, 0.2) is 0 Å². The Hall–Kier alpha value is -1.35. The number of carbonyl (C=O) groups excluding carboxylic acids is 1. The van der Waals surface area contributed by atoms with Crippen LogP contribution in [0.1, 0.15) is 50.5 Å². The maximum atomic E-state index is 12.5. The summed E-state index contributed by atoms with van der Waals surface area (Å²) < 4.78 is 0. The second-order valence-corrected chi connectivity index (χ2v) is 5.80. The largest absolute Gasteiger partial charge is 0.275 e. The number of hydroxylamine groups is 2. The Labute approximate surface area is 121 Å². The molecular formula is C17H25NO2. The zero-order valence-corrected chi connectivity index (χ0v) is 12.8. The highest BCUT2D eigenvalue weighted by Crippen LogP contribution is 2.46. The number of hydrogen-bond acceptors (Lipinski definition) is 2. The van der Waals surface area contributed by atoms with E-state index in [1.165, 1.54) is 10.6 Å². The Bertz CT molecular complexity index is 436. The first-order chi connectivity index (χ1) is 9.63. The molecule has 0 bridgehead atoms. The van der Waals surface area contributed by atoms with E-state index in [1.807, 2.05) is 0 Å². The first-order valence-corrected chi connectivity index (χ1v) is 7.50. The maximum Gasteiger partial charge on any atom is 0.252 e. The molecule has 0 saturated heterocycles. The fraction of sp³-hybridized carbons (Fsp3) is 0.588. The molecule has 0 unspecified atom stereocenters. The molecule has 0 aromatic heterocycles. The number of amides is 1. The zero-order chi connectivity index (χ0) is 14.6. The van der Waals surface area contributed by atoms with Crippen molar-refractivity contribution in [3.8, 4) is 0 Å². The quantitative estimate of drug-likeness (QED) is 0.783. The van der Waals surface area contributed by atoms with Crippen molar-refractivity contribution in [2.24, 2.45) is 5.41 Å². The van der Waals surface area contributed by atoms with Crippen molar-refractivity contribution in [1.82, 2.24) is 5.06 Å². The first kappa shape index (κ1) is 15.0. The molecule has 1 fully saturated rings. The summed E-state index contributed by atoms with van der Waals surface area (Å²) in [6.07, 6.45) is 4.97. The summed E-state index contributed by atoms with van der Waals surface area (Å²) in [5.41, 5.74) is 1.18. The molecule has 3 heteroatoms. The monoisotopic (exact) mass is 275 g/mol. The number of rotatable bonds is 4. The van der Waals surface area contributed by atoms with Crippen LogP contribution in [0.3, 0.4) is 0 Å². The molecule has 1 aliphatic rings. The molecule has 0 radical (unpaired) electrons. The smallest absolute Gasteiger partial charge is 0.252 e. The molecule has 2 rings (SSSR count). The van der Waals surface area contributed by atoms with E-state index >= 15 is 0 Å². The van der Waals surface area contributed by atoms with E-state index in [4.69, 9.17) is 4.84 Å². The molecule has 1 aromatic rings. The van der Waals surface area contributed by atoms with E-state index in [0.29, 0.717) is 5.92 Å². The van der Waals surface area contributed by atoms with Crippen LogP contribution in [-0.2, 0) is 9.63 Å². The highest BCUT2D eigenvalue weighted by molar-refractivity contribution is 5.81. The lowest BCUT2D eigenvalue weighted by atomic mass is 9.67. The minimum Gasteiger partial charge on any atom is -0.275 e. The van der Waals surface area contributed by atoms with Gasteiger partial charge >= 0.3 is 0 Å². The lowest BCUT2D eigenvalue weighted by Crippen LogP contribution is -2.43. The van der Waals surface area contributed by atoms with Gasteiger partial charge in [0.2, 0.25) is 0 Å². The molecule has 1 amide bonds. The van der Waals surface area contributed by atoms with Crippen molar-refractivity contribution in [3.63, 3.8) is 0 Å². The van der Waals surface area contributed by atoms with Crippen molar-refractivity contribution < 1.29 is 9.63 Å². The average Bonchev–Trinajstić information content (AvgIpc) is 2.54. The summed E-state index contributed by atoms with van der Waals surface area (Å²) in [7, 11) is 3.26. The minimum atomic E-state index is -0.226. The molecule has 0 atom stereocenters. The SMILES string of the molecule is CCC1(C(=O)N(C)OC)CCC(c2ccccc2)CC1. The number of nitrogens with zero attached hydrogens (tertiary/aromatic N) is 1. The van der Waals surface area contributed by atoms with Gasteiger partial charge in [-0.1, -0.05) is 37.3 Å². The molecule has 20 heavy (non-hydrogen) atoms. The second-order valence-electron chi connectivity index (χ2n) is 5.80. The zero-order valence-electron chi connectivity index (χ0n) is 12.8. The summed E-state index contributed by atoms with van der Waals surface area (Å²) in [5.74, 6) is 0.727. The summed E-state index contributed by atoms with van der Waals surface area (Å²) in [5, 5.41) is 1.40. The van der Waals surface area contributed by atoms with Gasteiger partial charge in [0, 0.05) is 7.05 Å². The Kier molecular flexibility index (Phi) is 4.81. The molecule has 1 aliphatic carbocycles. The predicted molar refractivity (Wildman–Crippen MR) is 80.2 cm³/mol. The summed E-state index contributed by atoms with van der Waals surface area (Å²) >= 11 is 0. The van der Waals surface area contributed by atoms with Crippen LogP contribution in [-0.4, -0.2) is 25.1 Å². The van der Waals surface area contributed by atoms with Crippen molar-refractivity contribution in [3.05, 3.63) is 35.9 Å². The van der Waals surface area contributed by atoms with Crippen molar-refractivity contribution in [2.45, 2.75) is 44.9 Å². The van der Waals surface area contributed by atoms with E-state index in [-0.39, 0.29) is 11.3 Å². The van der Waals surface area contributed by atoms with E-state index in [0.717, 1.165) is 32.1 Å². The van der Waals surface area contributed by atoms with Crippen LogP contribution in [0, 0.1) is 5.41 Å². The molecule has 0 spiro atoms. The van der Waals surface area contributed by atoms with Crippen LogP contribution in [0.15, 0.2) is 30.3 Å². The molecule has 1 aromatic carbocycles. The van der Waals surface area contributed by atoms with E-state index < -0.39 is 0 Å². The maximum absolute atomic E-state index is 12.5. The van der Waals surface area contributed by atoms with E-state index in [2.05, 4.69) is 37.3 Å². The third-order valence-electron chi connectivity index (χ3n) is 4.90. The standard InChI is InChI=1S/C17H25NO2/c1-4-17(16(19)18(2)20-3)12-10-15(11-13-17)14-8-6-5-7-9-14/h5-9,15H,4,10-13H2,1-3H3. The fourth-order valence-electron chi connectivity index (χ4n) is 3.36. The van der Waals surface area contributed by atoms with Crippen molar-refractivity contribution in [2.75, 3.05) is 14.2 Å². The van der Waals surface area contributed by atoms with Gasteiger partial charge in [-0.2, -0.15) is 0 Å². The van der Waals surface area contributed by atoms with E-state index in [9.17, 15) is 4.79 Å². The molecule has 3 nitrogen and oxygen atoms in total. The molecule has 0 N–H and O–H groups in total. The van der Waals surface area contributed by atoms with Crippen LogP contribution in [0.2, 0.25) is 0 Å². The van der Waals surface area contributed by atoms with Gasteiger partial charge in [-0.15, -0.1) is 0 Å². The van der Waals surface area contributed by atoms with Crippen LogP contribution in [0.5, 0.6) is 0 Å². The third kappa shape index (κ3) is 2.88. The molecule has 0 aliphatic heterocycles. The lowest BCUT2D eigenvalue weighted by molar-refractivity contribution is -0.182. The molecule has 0 heterocycles. The third-order valence-corrected chi connectivity index (χ3v) is 4.90. The topological polar surface area (TPSA) is 29.5 Å². The van der Waals surface area contributed by atoms with Crippen LogP contribution >= 0.6 is 0 Å². The van der Waals surface area contributed by atoms with Gasteiger partial charge in [-0.05, 0) is 43.6 Å². The summed E-state index contributed by atoms with van der Waals surface area (Å²) in [6, 6.07) is 10.7. The Morgan fingerprint density at radius 1 is 1.30 bits per heavy atom. The van der Waals surface area contributed by atoms with Gasteiger partial charge in [0.05, 0.1) is 12.5 Å². The van der Waals surface area contributed by atoms with E-state index in [1.54, 1.807) is 14.2 Å². The molecule has 1 saturated carbocycles. The Morgan fingerprint density at radius 2 is 1.90 bits per heavy atom. The number of carbonyl (C=O) groups is 1. The highest BCUT2D eigenvalue weighted by atomic mass is 16.7. The van der Waals surface area contributed by atoms with Gasteiger partial charge in [-0.3, -0.25) is 9.63 Å².